The Morgan fingerprint density at radius 3 is 2.35 bits per heavy atom. The van der Waals surface area contributed by atoms with Crippen LogP contribution in [-0.2, 0) is 21.4 Å². The van der Waals surface area contributed by atoms with Crippen LogP contribution >= 0.6 is 15.9 Å². The van der Waals surface area contributed by atoms with Crippen molar-refractivity contribution in [3.8, 4) is 16.9 Å². The predicted molar refractivity (Wildman–Crippen MR) is 133 cm³/mol. The summed E-state index contributed by atoms with van der Waals surface area (Å²) in [7, 11) is -3.71. The summed E-state index contributed by atoms with van der Waals surface area (Å²) in [4.78, 5) is 12.4. The lowest BCUT2D eigenvalue weighted by Gasteiger charge is -2.11. The van der Waals surface area contributed by atoms with E-state index in [0.29, 0.717) is 17.2 Å². The number of benzene rings is 3. The number of halogens is 1. The van der Waals surface area contributed by atoms with Gasteiger partial charge in [-0.1, -0.05) is 36.4 Å². The van der Waals surface area contributed by atoms with Gasteiger partial charge in [-0.3, -0.25) is 4.79 Å². The molecule has 0 saturated heterocycles. The maximum atomic E-state index is 12.4. The molecule has 4 aromatic rings. The van der Waals surface area contributed by atoms with Crippen LogP contribution in [-0.4, -0.2) is 20.9 Å². The second-order valence-electron chi connectivity index (χ2n) is 7.28. The molecule has 7 nitrogen and oxygen atoms in total. The van der Waals surface area contributed by atoms with Crippen LogP contribution in [0.4, 0.5) is 5.69 Å². The van der Waals surface area contributed by atoms with E-state index in [9.17, 15) is 13.2 Å². The van der Waals surface area contributed by atoms with Crippen molar-refractivity contribution in [3.05, 3.63) is 101 Å². The molecule has 1 amide bonds. The molecular weight excluding hydrogens is 520 g/mol. The summed E-state index contributed by atoms with van der Waals surface area (Å²) in [5.41, 5.74) is 2.56. The highest BCUT2D eigenvalue weighted by atomic mass is 79.9. The summed E-state index contributed by atoms with van der Waals surface area (Å²) in [5, 5.41) is 2.69. The number of anilines is 1. The number of furan rings is 1. The Labute approximate surface area is 205 Å². The number of rotatable bonds is 9. The number of nitrogens with one attached hydrogen (secondary N) is 2. The first-order valence-electron chi connectivity index (χ1n) is 10.3. The van der Waals surface area contributed by atoms with Crippen molar-refractivity contribution in [2.45, 2.75) is 11.4 Å². The fourth-order valence-electron chi connectivity index (χ4n) is 3.15. The largest absolute Gasteiger partial charge is 0.483 e. The van der Waals surface area contributed by atoms with Gasteiger partial charge in [0.15, 0.2) is 6.61 Å². The van der Waals surface area contributed by atoms with Crippen molar-refractivity contribution in [1.29, 1.82) is 0 Å². The van der Waals surface area contributed by atoms with Crippen LogP contribution in [0, 0.1) is 0 Å². The Morgan fingerprint density at radius 1 is 0.912 bits per heavy atom. The molecule has 0 atom stereocenters. The Morgan fingerprint density at radius 2 is 1.68 bits per heavy atom. The number of sulfonamides is 1. The average molecular weight is 541 g/mol. The van der Waals surface area contributed by atoms with Crippen molar-refractivity contribution < 1.29 is 22.4 Å². The van der Waals surface area contributed by atoms with Crippen LogP contribution in [0.15, 0.2) is 105 Å². The molecule has 0 aliphatic carbocycles. The van der Waals surface area contributed by atoms with E-state index in [1.165, 1.54) is 30.5 Å². The van der Waals surface area contributed by atoms with E-state index in [0.717, 1.165) is 15.6 Å². The number of ether oxygens (including phenoxy) is 1. The number of hydrogen-bond donors (Lipinski definition) is 2. The maximum Gasteiger partial charge on any atom is 0.262 e. The van der Waals surface area contributed by atoms with E-state index in [1.54, 1.807) is 18.2 Å². The standard InChI is InChI=1S/C25H21BrN2O5S/c26-23-15-19(18-5-2-1-3-6-18)8-13-24(23)33-17-25(29)28-20-9-11-22(12-10-20)34(30,31)27-16-21-7-4-14-32-21/h1-15,27H,16-17H2,(H,28,29). The molecule has 0 radical (unpaired) electrons. The predicted octanol–water partition coefficient (Wildman–Crippen LogP) is 5.21. The second kappa shape index (κ2) is 10.7. The first-order valence-corrected chi connectivity index (χ1v) is 12.6. The van der Waals surface area contributed by atoms with E-state index in [4.69, 9.17) is 9.15 Å². The molecule has 0 saturated carbocycles. The molecule has 34 heavy (non-hydrogen) atoms. The molecule has 9 heteroatoms. The van der Waals surface area contributed by atoms with Gasteiger partial charge in [0.05, 0.1) is 22.2 Å². The molecule has 0 spiro atoms. The van der Waals surface area contributed by atoms with Gasteiger partial charge < -0.3 is 14.5 Å². The third-order valence-electron chi connectivity index (χ3n) is 4.86. The summed E-state index contributed by atoms with van der Waals surface area (Å²) < 4.78 is 38.8. The molecule has 174 valence electrons. The van der Waals surface area contributed by atoms with Gasteiger partial charge in [-0.15, -0.1) is 0 Å². The molecule has 0 unspecified atom stereocenters. The molecular formula is C25H21BrN2O5S. The zero-order chi connectivity index (χ0) is 24.0. The molecule has 1 aromatic heterocycles. The fraction of sp³-hybridized carbons (Fsp3) is 0.0800. The highest BCUT2D eigenvalue weighted by molar-refractivity contribution is 9.10. The van der Waals surface area contributed by atoms with Crippen LogP contribution in [0.25, 0.3) is 11.1 Å². The van der Waals surface area contributed by atoms with Crippen molar-refractivity contribution in [2.75, 3.05) is 11.9 Å². The summed E-state index contributed by atoms with van der Waals surface area (Å²) in [6.07, 6.45) is 1.48. The zero-order valence-electron chi connectivity index (χ0n) is 17.9. The van der Waals surface area contributed by atoms with Crippen molar-refractivity contribution >= 4 is 37.5 Å². The second-order valence-corrected chi connectivity index (χ2v) is 9.90. The normalized spacial score (nSPS) is 11.2. The van der Waals surface area contributed by atoms with E-state index in [1.807, 2.05) is 42.5 Å². The van der Waals surface area contributed by atoms with Crippen LogP contribution in [0.1, 0.15) is 5.76 Å². The van der Waals surface area contributed by atoms with Gasteiger partial charge in [-0.25, -0.2) is 13.1 Å². The lowest BCUT2D eigenvalue weighted by molar-refractivity contribution is -0.118. The molecule has 0 bridgehead atoms. The fourth-order valence-corrected chi connectivity index (χ4v) is 4.64. The van der Waals surface area contributed by atoms with Gasteiger partial charge in [0.2, 0.25) is 10.0 Å². The molecule has 1 heterocycles. The molecule has 3 aromatic carbocycles. The Bertz CT molecular complexity index is 1360. The zero-order valence-corrected chi connectivity index (χ0v) is 20.3. The maximum absolute atomic E-state index is 12.4. The number of carbonyl (C=O) groups excluding carboxylic acids is 1. The molecule has 2 N–H and O–H groups in total. The number of amides is 1. The minimum absolute atomic E-state index is 0.0487. The topological polar surface area (TPSA) is 97.6 Å². The molecule has 0 aliphatic rings. The molecule has 0 fully saturated rings. The van der Waals surface area contributed by atoms with Gasteiger partial charge in [0, 0.05) is 5.69 Å². The number of carbonyl (C=O) groups is 1. The van der Waals surface area contributed by atoms with Gasteiger partial charge >= 0.3 is 0 Å². The highest BCUT2D eigenvalue weighted by Gasteiger charge is 2.15. The summed E-state index contributed by atoms with van der Waals surface area (Å²) in [5.74, 6) is 0.679. The van der Waals surface area contributed by atoms with Crippen molar-refractivity contribution in [1.82, 2.24) is 4.72 Å². The number of hydrogen-bond acceptors (Lipinski definition) is 5. The SMILES string of the molecule is O=C(COc1ccc(-c2ccccc2)cc1Br)Nc1ccc(S(=O)(=O)NCc2ccco2)cc1. The molecule has 4 rings (SSSR count). The summed E-state index contributed by atoms with van der Waals surface area (Å²) >= 11 is 3.49. The third kappa shape index (κ3) is 6.13. The lowest BCUT2D eigenvalue weighted by Crippen LogP contribution is -2.23. The van der Waals surface area contributed by atoms with Gasteiger partial charge in [0.1, 0.15) is 11.5 Å². The lowest BCUT2D eigenvalue weighted by atomic mass is 10.1. The first-order chi connectivity index (χ1) is 16.4. The average Bonchev–Trinajstić information content (AvgIpc) is 3.37. The van der Waals surface area contributed by atoms with E-state index < -0.39 is 10.0 Å². The van der Waals surface area contributed by atoms with E-state index in [2.05, 4.69) is 26.0 Å². The highest BCUT2D eigenvalue weighted by Crippen LogP contribution is 2.30. The quantitative estimate of drug-likeness (QED) is 0.304. The Kier molecular flexibility index (Phi) is 7.46. The van der Waals surface area contributed by atoms with Crippen molar-refractivity contribution in [2.24, 2.45) is 0 Å². The minimum Gasteiger partial charge on any atom is -0.483 e. The smallest absolute Gasteiger partial charge is 0.262 e. The summed E-state index contributed by atoms with van der Waals surface area (Å²) in [6, 6.07) is 24.8. The van der Waals surface area contributed by atoms with Crippen LogP contribution in [0.5, 0.6) is 5.75 Å². The van der Waals surface area contributed by atoms with Crippen LogP contribution in [0.3, 0.4) is 0 Å². The van der Waals surface area contributed by atoms with Crippen LogP contribution < -0.4 is 14.8 Å². The summed E-state index contributed by atoms with van der Waals surface area (Å²) in [6.45, 7) is -0.152. The third-order valence-corrected chi connectivity index (χ3v) is 6.90. The van der Waals surface area contributed by atoms with Gasteiger partial charge in [-0.2, -0.15) is 0 Å². The monoisotopic (exact) mass is 540 g/mol. The van der Waals surface area contributed by atoms with E-state index in [-0.39, 0.29) is 24.0 Å². The Balaban J connectivity index is 1.31. The first kappa shape index (κ1) is 23.7. The van der Waals surface area contributed by atoms with Crippen LogP contribution in [0.2, 0.25) is 0 Å². The van der Waals surface area contributed by atoms with Gasteiger partial charge in [0.25, 0.3) is 5.91 Å². The van der Waals surface area contributed by atoms with Crippen molar-refractivity contribution in [3.63, 3.8) is 0 Å². The van der Waals surface area contributed by atoms with E-state index >= 15 is 0 Å². The van der Waals surface area contributed by atoms with Gasteiger partial charge in [-0.05, 0) is 75.6 Å². The molecule has 0 aliphatic heterocycles. The minimum atomic E-state index is -3.71. The Hall–Kier alpha value is -3.40.